The van der Waals surface area contributed by atoms with E-state index in [1.54, 1.807) is 0 Å². The Hall–Kier alpha value is -3.30. The summed E-state index contributed by atoms with van der Waals surface area (Å²) in [5.74, 6) is -4.52. The number of ether oxygens (including phenoxy) is 2. The van der Waals surface area contributed by atoms with E-state index < -0.39 is 55.4 Å². The highest BCUT2D eigenvalue weighted by Gasteiger charge is 2.27. The molecule has 23 heavy (non-hydrogen) atoms. The van der Waals surface area contributed by atoms with E-state index in [0.717, 1.165) is 24.3 Å². The van der Waals surface area contributed by atoms with Gasteiger partial charge in [-0.2, -0.15) is 0 Å². The smallest absolute Gasteiger partial charge is 0.329 e. The summed E-state index contributed by atoms with van der Waals surface area (Å²) in [7, 11) is 0. The van der Waals surface area contributed by atoms with Crippen LogP contribution in [0.15, 0.2) is 24.3 Å². The van der Waals surface area contributed by atoms with Crippen molar-refractivity contribution in [3.8, 4) is 0 Å². The first-order valence-corrected chi connectivity index (χ1v) is 6.27. The van der Waals surface area contributed by atoms with Crippen LogP contribution in [0.1, 0.15) is 0 Å². The number of hydrogen-bond donors (Lipinski definition) is 0. The van der Waals surface area contributed by atoms with Gasteiger partial charge in [0.2, 0.25) is 6.79 Å². The molecule has 0 bridgehead atoms. The third-order valence-corrected chi connectivity index (χ3v) is 2.82. The third kappa shape index (κ3) is 3.87. The lowest BCUT2D eigenvalue weighted by Crippen LogP contribution is -2.37. The van der Waals surface area contributed by atoms with Gasteiger partial charge in [-0.15, -0.1) is 0 Å². The quantitative estimate of drug-likeness (QED) is 0.308. The largest absolute Gasteiger partial charge is 0.427 e. The standard InChI is InChI=1S/C13H10N2O8/c16-8-1-2-9(17)14(8)5-12(20)22-7-23-13(21)6-15-10(18)3-4-11(15)19/h1-4H,5-7H2. The van der Waals surface area contributed by atoms with E-state index in [4.69, 9.17) is 0 Å². The summed E-state index contributed by atoms with van der Waals surface area (Å²) in [6, 6.07) is 0. The molecule has 2 aliphatic heterocycles. The Labute approximate surface area is 128 Å². The van der Waals surface area contributed by atoms with Gasteiger partial charge in [0, 0.05) is 24.3 Å². The first-order chi connectivity index (χ1) is 10.9. The van der Waals surface area contributed by atoms with E-state index in [1.807, 2.05) is 0 Å². The molecule has 0 aromatic rings. The maximum absolute atomic E-state index is 11.4. The van der Waals surface area contributed by atoms with Crippen molar-refractivity contribution in [1.29, 1.82) is 0 Å². The molecular weight excluding hydrogens is 312 g/mol. The molecule has 10 nitrogen and oxygen atoms in total. The van der Waals surface area contributed by atoms with E-state index in [2.05, 4.69) is 9.47 Å². The number of rotatable bonds is 6. The van der Waals surface area contributed by atoms with Crippen molar-refractivity contribution in [2.75, 3.05) is 19.9 Å². The van der Waals surface area contributed by atoms with E-state index in [0.29, 0.717) is 9.80 Å². The molecule has 0 radical (unpaired) electrons. The van der Waals surface area contributed by atoms with Crippen molar-refractivity contribution >= 4 is 35.6 Å². The van der Waals surface area contributed by atoms with Gasteiger partial charge in [-0.1, -0.05) is 0 Å². The van der Waals surface area contributed by atoms with E-state index in [1.165, 1.54) is 0 Å². The molecule has 0 aromatic heterocycles. The van der Waals surface area contributed by atoms with Crippen molar-refractivity contribution < 1.29 is 38.2 Å². The van der Waals surface area contributed by atoms with Gasteiger partial charge in [-0.3, -0.25) is 38.6 Å². The van der Waals surface area contributed by atoms with Gasteiger partial charge in [0.1, 0.15) is 13.1 Å². The average molecular weight is 322 g/mol. The van der Waals surface area contributed by atoms with Crippen molar-refractivity contribution in [1.82, 2.24) is 9.80 Å². The zero-order chi connectivity index (χ0) is 17.0. The lowest BCUT2D eigenvalue weighted by molar-refractivity contribution is -0.171. The van der Waals surface area contributed by atoms with Gasteiger partial charge in [0.25, 0.3) is 23.6 Å². The molecular formula is C13H10N2O8. The number of imide groups is 2. The highest BCUT2D eigenvalue weighted by molar-refractivity contribution is 6.14. The molecule has 4 amide bonds. The Morgan fingerprint density at radius 2 is 1.00 bits per heavy atom. The van der Waals surface area contributed by atoms with E-state index in [9.17, 15) is 28.8 Å². The summed E-state index contributed by atoms with van der Waals surface area (Å²) >= 11 is 0. The van der Waals surface area contributed by atoms with Crippen LogP contribution in [0.3, 0.4) is 0 Å². The first kappa shape index (κ1) is 16.1. The fraction of sp³-hybridized carbons (Fsp3) is 0.231. The van der Waals surface area contributed by atoms with Gasteiger partial charge in [-0.25, -0.2) is 0 Å². The molecule has 0 saturated carbocycles. The molecule has 0 unspecified atom stereocenters. The highest BCUT2D eigenvalue weighted by Crippen LogP contribution is 2.04. The van der Waals surface area contributed by atoms with Crippen molar-refractivity contribution in [3.05, 3.63) is 24.3 Å². The molecule has 0 saturated heterocycles. The molecule has 0 spiro atoms. The normalized spacial score (nSPS) is 16.5. The molecule has 2 rings (SSSR count). The van der Waals surface area contributed by atoms with Crippen molar-refractivity contribution in [3.63, 3.8) is 0 Å². The molecule has 2 aliphatic rings. The first-order valence-electron chi connectivity index (χ1n) is 6.27. The van der Waals surface area contributed by atoms with Gasteiger partial charge in [0.05, 0.1) is 0 Å². The zero-order valence-electron chi connectivity index (χ0n) is 11.6. The minimum atomic E-state index is -0.960. The summed E-state index contributed by atoms with van der Waals surface area (Å²) < 4.78 is 9.06. The van der Waals surface area contributed by atoms with Crippen LogP contribution in [0.5, 0.6) is 0 Å². The summed E-state index contributed by atoms with van der Waals surface area (Å²) in [5.41, 5.74) is 0. The highest BCUT2D eigenvalue weighted by atomic mass is 16.7. The Kier molecular flexibility index (Phi) is 4.64. The van der Waals surface area contributed by atoms with Gasteiger partial charge >= 0.3 is 11.9 Å². The second-order valence-electron chi connectivity index (χ2n) is 4.34. The second-order valence-corrected chi connectivity index (χ2v) is 4.34. The van der Waals surface area contributed by atoms with Crippen molar-refractivity contribution in [2.45, 2.75) is 0 Å². The van der Waals surface area contributed by atoms with Crippen LogP contribution < -0.4 is 0 Å². The molecule has 10 heteroatoms. The van der Waals surface area contributed by atoms with E-state index in [-0.39, 0.29) is 0 Å². The van der Waals surface area contributed by atoms with Gasteiger partial charge in [-0.05, 0) is 0 Å². The topological polar surface area (TPSA) is 127 Å². The van der Waals surface area contributed by atoms with Crippen LogP contribution in [0.2, 0.25) is 0 Å². The summed E-state index contributed by atoms with van der Waals surface area (Å²) in [5, 5.41) is 0. The third-order valence-electron chi connectivity index (χ3n) is 2.82. The van der Waals surface area contributed by atoms with E-state index >= 15 is 0 Å². The SMILES string of the molecule is O=C(CN1C(=O)C=CC1=O)OCOC(=O)CN1C(=O)C=CC1=O. The summed E-state index contributed by atoms with van der Waals surface area (Å²) in [6.07, 6.45) is 4.03. The van der Waals surface area contributed by atoms with Crippen LogP contribution in [0.25, 0.3) is 0 Å². The summed E-state index contributed by atoms with van der Waals surface area (Å²) in [6.45, 7) is -2.00. The summed E-state index contributed by atoms with van der Waals surface area (Å²) in [4.78, 5) is 68.9. The monoisotopic (exact) mass is 322 g/mol. The number of amides is 4. The Bertz CT molecular complexity index is 571. The van der Waals surface area contributed by atoms with Crippen LogP contribution in [0, 0.1) is 0 Å². The maximum atomic E-state index is 11.4. The number of hydrogen-bond acceptors (Lipinski definition) is 8. The van der Waals surface area contributed by atoms with Crippen LogP contribution in [0.4, 0.5) is 0 Å². The van der Waals surface area contributed by atoms with Gasteiger partial charge in [0.15, 0.2) is 0 Å². The fourth-order valence-corrected chi connectivity index (χ4v) is 1.68. The minimum Gasteiger partial charge on any atom is -0.427 e. The lowest BCUT2D eigenvalue weighted by Gasteiger charge is -2.14. The fourth-order valence-electron chi connectivity index (χ4n) is 1.68. The van der Waals surface area contributed by atoms with Crippen molar-refractivity contribution in [2.24, 2.45) is 0 Å². The predicted octanol–water partition coefficient (Wildman–Crippen LogP) is -2.12. The molecule has 2 heterocycles. The number of carbonyl (C=O) groups excluding carboxylic acids is 6. The Morgan fingerprint density at radius 3 is 1.30 bits per heavy atom. The van der Waals surface area contributed by atoms with Crippen LogP contribution >= 0.6 is 0 Å². The molecule has 0 aliphatic carbocycles. The number of nitrogens with zero attached hydrogens (tertiary/aromatic N) is 2. The van der Waals surface area contributed by atoms with Gasteiger partial charge < -0.3 is 9.47 Å². The zero-order valence-corrected chi connectivity index (χ0v) is 11.6. The number of esters is 2. The Balaban J connectivity index is 1.68. The molecule has 0 atom stereocenters. The molecule has 0 fully saturated rings. The number of carbonyl (C=O) groups is 6. The van der Waals surface area contributed by atoms with Crippen LogP contribution in [-0.4, -0.2) is 65.2 Å². The molecule has 0 N–H and O–H groups in total. The Morgan fingerprint density at radius 1 is 0.696 bits per heavy atom. The minimum absolute atomic E-state index is 0.616. The average Bonchev–Trinajstić information content (AvgIpc) is 2.97. The molecule has 0 aromatic carbocycles. The predicted molar refractivity (Wildman–Crippen MR) is 68.8 cm³/mol. The lowest BCUT2D eigenvalue weighted by atomic mass is 10.5. The maximum Gasteiger partial charge on any atom is 0.329 e. The second kappa shape index (κ2) is 6.64. The van der Waals surface area contributed by atoms with Crippen LogP contribution in [-0.2, 0) is 38.2 Å². The molecule has 120 valence electrons.